The monoisotopic (exact) mass is 391 g/mol. The van der Waals surface area contributed by atoms with Crippen molar-refractivity contribution in [3.8, 4) is 5.75 Å². The lowest BCUT2D eigenvalue weighted by Gasteiger charge is -2.32. The molecule has 0 spiro atoms. The predicted octanol–water partition coefficient (Wildman–Crippen LogP) is 4.83. The molecule has 1 saturated heterocycles. The van der Waals surface area contributed by atoms with Crippen LogP contribution >= 0.6 is 0 Å². The number of ether oxygens (including phenoxy) is 1. The summed E-state index contributed by atoms with van der Waals surface area (Å²) in [4.78, 5) is 22.9. The van der Waals surface area contributed by atoms with Crippen molar-refractivity contribution in [2.75, 3.05) is 19.7 Å². The van der Waals surface area contributed by atoms with Gasteiger partial charge in [0.1, 0.15) is 11.6 Å². The van der Waals surface area contributed by atoms with E-state index < -0.39 is 0 Å². The van der Waals surface area contributed by atoms with E-state index in [0.717, 1.165) is 61.4 Å². The smallest absolute Gasteiger partial charge is 0.222 e. The van der Waals surface area contributed by atoms with Gasteiger partial charge in [-0.3, -0.25) is 4.79 Å². The Kier molecular flexibility index (Phi) is 6.13. The first-order chi connectivity index (χ1) is 14.2. The number of carbonyl (C=O) groups excluding carboxylic acids is 1. The highest BCUT2D eigenvalue weighted by molar-refractivity contribution is 5.76. The van der Waals surface area contributed by atoms with Gasteiger partial charge in [-0.1, -0.05) is 24.3 Å². The van der Waals surface area contributed by atoms with Crippen LogP contribution in [0.2, 0.25) is 0 Å². The Balaban J connectivity index is 1.23. The minimum Gasteiger partial charge on any atom is -0.494 e. The molecule has 1 fully saturated rings. The summed E-state index contributed by atoms with van der Waals surface area (Å²) < 4.78 is 5.78. The Labute approximate surface area is 172 Å². The molecule has 1 unspecified atom stereocenters. The average Bonchev–Trinajstić information content (AvgIpc) is 3.18. The molecule has 1 amide bonds. The van der Waals surface area contributed by atoms with Crippen molar-refractivity contribution >= 4 is 16.9 Å². The fourth-order valence-corrected chi connectivity index (χ4v) is 4.02. The van der Waals surface area contributed by atoms with E-state index in [4.69, 9.17) is 9.72 Å². The highest BCUT2D eigenvalue weighted by Gasteiger charge is 2.26. The van der Waals surface area contributed by atoms with Gasteiger partial charge in [0.2, 0.25) is 5.91 Å². The highest BCUT2D eigenvalue weighted by atomic mass is 16.5. The number of nitrogens with one attached hydrogen (secondary N) is 1. The first-order valence-corrected chi connectivity index (χ1v) is 10.6. The number of aromatic amines is 1. The molecule has 2 heterocycles. The van der Waals surface area contributed by atoms with Crippen molar-refractivity contribution in [2.24, 2.45) is 0 Å². The summed E-state index contributed by atoms with van der Waals surface area (Å²) in [5, 5.41) is 0. The molecule has 29 heavy (non-hydrogen) atoms. The second-order valence-corrected chi connectivity index (χ2v) is 7.94. The summed E-state index contributed by atoms with van der Waals surface area (Å²) >= 11 is 0. The Morgan fingerprint density at radius 3 is 2.97 bits per heavy atom. The van der Waals surface area contributed by atoms with Gasteiger partial charge in [0.05, 0.1) is 17.6 Å². The largest absolute Gasteiger partial charge is 0.494 e. The molecule has 0 saturated carbocycles. The Hall–Kier alpha value is -2.82. The van der Waals surface area contributed by atoms with Gasteiger partial charge in [-0.15, -0.1) is 0 Å². The normalized spacial score (nSPS) is 16.9. The number of aromatic nitrogens is 2. The lowest BCUT2D eigenvalue weighted by Crippen LogP contribution is -2.39. The molecular weight excluding hydrogens is 362 g/mol. The summed E-state index contributed by atoms with van der Waals surface area (Å²) in [5.74, 6) is 2.46. The van der Waals surface area contributed by atoms with Crippen LogP contribution in [0.3, 0.4) is 0 Å². The minimum atomic E-state index is 0.251. The molecular formula is C24H29N3O2. The van der Waals surface area contributed by atoms with Crippen LogP contribution in [-0.4, -0.2) is 40.5 Å². The van der Waals surface area contributed by atoms with E-state index in [0.29, 0.717) is 18.9 Å². The number of nitrogens with zero attached hydrogens (tertiary/aromatic N) is 2. The zero-order valence-electron chi connectivity index (χ0n) is 17.1. The second-order valence-electron chi connectivity index (χ2n) is 7.94. The minimum absolute atomic E-state index is 0.251. The molecule has 1 N–H and O–H groups in total. The third-order valence-corrected chi connectivity index (χ3v) is 5.61. The summed E-state index contributed by atoms with van der Waals surface area (Å²) in [6, 6.07) is 16.2. The number of amides is 1. The number of H-pyrrole nitrogens is 1. The topological polar surface area (TPSA) is 58.2 Å². The quantitative estimate of drug-likeness (QED) is 0.587. The predicted molar refractivity (Wildman–Crippen MR) is 115 cm³/mol. The van der Waals surface area contributed by atoms with Crippen molar-refractivity contribution in [3.63, 3.8) is 0 Å². The van der Waals surface area contributed by atoms with Crippen LogP contribution in [0.5, 0.6) is 5.75 Å². The number of hydrogen-bond acceptors (Lipinski definition) is 3. The number of piperidine rings is 1. The summed E-state index contributed by atoms with van der Waals surface area (Å²) in [5.41, 5.74) is 3.26. The molecule has 1 atom stereocenters. The molecule has 1 aliphatic rings. The molecule has 1 aliphatic heterocycles. The standard InChI is InChI=1S/C24H29N3O2/c1-18-8-6-10-20(16-18)29-15-5-4-13-23(28)27-14-7-9-19(17-27)24-25-21-11-2-3-12-22(21)26-24/h2-3,6,8,10-12,16,19H,4-5,7,9,13-15,17H2,1H3,(H,25,26). The maximum absolute atomic E-state index is 12.7. The lowest BCUT2D eigenvalue weighted by molar-refractivity contribution is -0.132. The van der Waals surface area contributed by atoms with Crippen LogP contribution in [-0.2, 0) is 4.79 Å². The molecule has 4 rings (SSSR count). The SMILES string of the molecule is Cc1cccc(OCCCCC(=O)N2CCCC(c3nc4ccccc4[nH]3)C2)c1. The molecule has 0 bridgehead atoms. The van der Waals surface area contributed by atoms with Gasteiger partial charge in [0.25, 0.3) is 0 Å². The molecule has 0 radical (unpaired) electrons. The number of hydrogen-bond donors (Lipinski definition) is 1. The fraction of sp³-hybridized carbons (Fsp3) is 0.417. The van der Waals surface area contributed by atoms with Crippen molar-refractivity contribution in [3.05, 3.63) is 59.9 Å². The number of aryl methyl sites for hydroxylation is 1. The van der Waals surface area contributed by atoms with Crippen LogP contribution in [0.25, 0.3) is 11.0 Å². The average molecular weight is 392 g/mol. The first kappa shape index (κ1) is 19.5. The Bertz CT molecular complexity index is 932. The van der Waals surface area contributed by atoms with E-state index in [1.54, 1.807) is 0 Å². The number of imidazole rings is 1. The van der Waals surface area contributed by atoms with Gasteiger partial charge in [-0.2, -0.15) is 0 Å². The van der Waals surface area contributed by atoms with Crippen molar-refractivity contribution in [1.82, 2.24) is 14.9 Å². The molecule has 5 heteroatoms. The second kappa shape index (κ2) is 9.12. The van der Waals surface area contributed by atoms with Crippen LogP contribution in [0.4, 0.5) is 0 Å². The maximum atomic E-state index is 12.7. The van der Waals surface area contributed by atoms with Gasteiger partial charge in [0.15, 0.2) is 0 Å². The summed E-state index contributed by atoms with van der Waals surface area (Å²) in [6.07, 6.45) is 4.44. The summed E-state index contributed by atoms with van der Waals surface area (Å²) in [7, 11) is 0. The molecule has 2 aromatic carbocycles. The third kappa shape index (κ3) is 4.97. The van der Waals surface area contributed by atoms with Crippen LogP contribution < -0.4 is 4.74 Å². The number of likely N-dealkylation sites (tertiary alicyclic amines) is 1. The van der Waals surface area contributed by atoms with E-state index >= 15 is 0 Å². The maximum Gasteiger partial charge on any atom is 0.222 e. The Morgan fingerprint density at radius 2 is 2.10 bits per heavy atom. The zero-order chi connectivity index (χ0) is 20.1. The van der Waals surface area contributed by atoms with Gasteiger partial charge in [-0.25, -0.2) is 4.98 Å². The lowest BCUT2D eigenvalue weighted by atomic mass is 9.97. The van der Waals surface area contributed by atoms with Crippen LogP contribution in [0, 0.1) is 6.92 Å². The Morgan fingerprint density at radius 1 is 1.21 bits per heavy atom. The fourth-order valence-electron chi connectivity index (χ4n) is 4.02. The van der Waals surface area contributed by atoms with Gasteiger partial charge < -0.3 is 14.6 Å². The molecule has 1 aromatic heterocycles. The van der Waals surface area contributed by atoms with Crippen molar-refractivity contribution in [1.29, 1.82) is 0 Å². The van der Waals surface area contributed by atoms with E-state index in [1.165, 1.54) is 5.56 Å². The van der Waals surface area contributed by atoms with Gasteiger partial charge >= 0.3 is 0 Å². The van der Waals surface area contributed by atoms with Crippen molar-refractivity contribution < 1.29 is 9.53 Å². The van der Waals surface area contributed by atoms with Gasteiger partial charge in [-0.05, 0) is 62.4 Å². The van der Waals surface area contributed by atoms with Crippen molar-refractivity contribution in [2.45, 2.75) is 44.9 Å². The first-order valence-electron chi connectivity index (χ1n) is 10.6. The number of rotatable bonds is 7. The molecule has 152 valence electrons. The number of para-hydroxylation sites is 2. The van der Waals surface area contributed by atoms with E-state index in [9.17, 15) is 4.79 Å². The molecule has 0 aliphatic carbocycles. The molecule has 5 nitrogen and oxygen atoms in total. The van der Waals surface area contributed by atoms with E-state index in [-0.39, 0.29) is 5.91 Å². The zero-order valence-corrected chi connectivity index (χ0v) is 17.1. The number of fused-ring (bicyclic) bond motifs is 1. The van der Waals surface area contributed by atoms with Crippen LogP contribution in [0.15, 0.2) is 48.5 Å². The molecule has 3 aromatic rings. The number of unbranched alkanes of at least 4 members (excludes halogenated alkanes) is 1. The third-order valence-electron chi connectivity index (χ3n) is 5.61. The number of benzene rings is 2. The van der Waals surface area contributed by atoms with Gasteiger partial charge in [0, 0.05) is 25.4 Å². The van der Waals surface area contributed by atoms with E-state index in [2.05, 4.69) is 24.0 Å². The highest BCUT2D eigenvalue weighted by Crippen LogP contribution is 2.27. The van der Waals surface area contributed by atoms with Crippen LogP contribution in [0.1, 0.15) is 49.4 Å². The number of carbonyl (C=O) groups is 1. The summed E-state index contributed by atoms with van der Waals surface area (Å²) in [6.45, 7) is 4.33. The van der Waals surface area contributed by atoms with E-state index in [1.807, 2.05) is 41.3 Å².